The molecule has 0 atom stereocenters. The number of nitrogens with two attached hydrogens (primary N) is 1. The van der Waals surface area contributed by atoms with Crippen molar-refractivity contribution in [1.82, 2.24) is 4.98 Å². The summed E-state index contributed by atoms with van der Waals surface area (Å²) in [5.41, 5.74) is 7.46. The van der Waals surface area contributed by atoms with Crippen LogP contribution < -0.4 is 11.1 Å². The van der Waals surface area contributed by atoms with Gasteiger partial charge in [0, 0.05) is 15.5 Å². The van der Waals surface area contributed by atoms with Crippen LogP contribution in [0.4, 0.5) is 10.8 Å². The van der Waals surface area contributed by atoms with Crippen LogP contribution in [-0.2, 0) is 0 Å². The second-order valence-corrected chi connectivity index (χ2v) is 6.00. The number of carbonyl (C=O) groups is 1. The summed E-state index contributed by atoms with van der Waals surface area (Å²) in [5.74, 6) is -0.201. The number of fused-ring (bicyclic) bond motifs is 1. The normalized spacial score (nSPS) is 10.8. The number of nitrogens with zero attached hydrogens (tertiary/aromatic N) is 1. The van der Waals surface area contributed by atoms with Crippen LogP contribution in [0.25, 0.3) is 10.1 Å². The van der Waals surface area contributed by atoms with E-state index in [2.05, 4.69) is 10.3 Å². The number of nitrogen functional groups attached to an aromatic ring is 1. The standard InChI is InChI=1S/C13H11N3OS2/c1-7-6-18-13(15-7)16-12(17)11-10(14)8-4-2-3-5-9(8)19-11/h2-6H,14H2,1H3,(H,15,16,17). The molecular formula is C13H11N3OS2. The number of rotatable bonds is 2. The lowest BCUT2D eigenvalue weighted by molar-refractivity contribution is 0.103. The molecule has 2 aromatic heterocycles. The molecule has 0 saturated carbocycles. The van der Waals surface area contributed by atoms with Gasteiger partial charge in [0.1, 0.15) is 4.88 Å². The van der Waals surface area contributed by atoms with E-state index in [4.69, 9.17) is 5.73 Å². The SMILES string of the molecule is Cc1csc(NC(=O)c2sc3ccccc3c2N)n1. The van der Waals surface area contributed by atoms with Gasteiger partial charge in [0.2, 0.25) is 0 Å². The fraction of sp³-hybridized carbons (Fsp3) is 0.0769. The Morgan fingerprint density at radius 2 is 2.16 bits per heavy atom. The second-order valence-electron chi connectivity index (χ2n) is 4.09. The van der Waals surface area contributed by atoms with E-state index in [1.165, 1.54) is 22.7 Å². The number of aromatic nitrogens is 1. The van der Waals surface area contributed by atoms with Gasteiger partial charge in [-0.05, 0) is 13.0 Å². The first-order valence-electron chi connectivity index (χ1n) is 5.65. The highest BCUT2D eigenvalue weighted by molar-refractivity contribution is 7.21. The lowest BCUT2D eigenvalue weighted by atomic mass is 10.2. The van der Waals surface area contributed by atoms with Crippen LogP contribution in [0.5, 0.6) is 0 Å². The minimum Gasteiger partial charge on any atom is -0.397 e. The molecule has 3 rings (SSSR count). The van der Waals surface area contributed by atoms with E-state index in [1.54, 1.807) is 0 Å². The Morgan fingerprint density at radius 1 is 1.37 bits per heavy atom. The average Bonchev–Trinajstić information content (AvgIpc) is 2.94. The minimum absolute atomic E-state index is 0.201. The maximum atomic E-state index is 12.2. The number of benzene rings is 1. The van der Waals surface area contributed by atoms with Crippen LogP contribution in [0.3, 0.4) is 0 Å². The van der Waals surface area contributed by atoms with E-state index in [-0.39, 0.29) is 5.91 Å². The molecule has 19 heavy (non-hydrogen) atoms. The maximum Gasteiger partial charge on any atom is 0.269 e. The summed E-state index contributed by atoms with van der Waals surface area (Å²) in [4.78, 5) is 16.9. The number of hydrogen-bond acceptors (Lipinski definition) is 5. The van der Waals surface area contributed by atoms with Crippen molar-refractivity contribution >= 4 is 49.5 Å². The largest absolute Gasteiger partial charge is 0.397 e. The van der Waals surface area contributed by atoms with Crippen molar-refractivity contribution in [3.63, 3.8) is 0 Å². The molecule has 3 aromatic rings. The molecule has 0 aliphatic rings. The van der Waals surface area contributed by atoms with Crippen LogP contribution in [0, 0.1) is 6.92 Å². The van der Waals surface area contributed by atoms with Crippen molar-refractivity contribution < 1.29 is 4.79 Å². The molecule has 6 heteroatoms. The molecule has 1 aromatic carbocycles. The first-order chi connectivity index (χ1) is 9.15. The van der Waals surface area contributed by atoms with Crippen molar-refractivity contribution in [2.45, 2.75) is 6.92 Å². The molecule has 0 bridgehead atoms. The summed E-state index contributed by atoms with van der Waals surface area (Å²) < 4.78 is 1.01. The van der Waals surface area contributed by atoms with Gasteiger partial charge < -0.3 is 5.73 Å². The number of anilines is 2. The summed E-state index contributed by atoms with van der Waals surface area (Å²) in [6, 6.07) is 7.73. The smallest absolute Gasteiger partial charge is 0.269 e. The summed E-state index contributed by atoms with van der Waals surface area (Å²) in [6.07, 6.45) is 0. The first kappa shape index (κ1) is 12.1. The number of amides is 1. The highest BCUT2D eigenvalue weighted by atomic mass is 32.1. The predicted molar refractivity (Wildman–Crippen MR) is 81.0 cm³/mol. The molecule has 2 heterocycles. The molecule has 3 N–H and O–H groups in total. The van der Waals surface area contributed by atoms with E-state index < -0.39 is 0 Å². The Balaban J connectivity index is 1.95. The van der Waals surface area contributed by atoms with E-state index in [1.807, 2.05) is 36.6 Å². The average molecular weight is 289 g/mol. The fourth-order valence-electron chi connectivity index (χ4n) is 1.80. The Labute approximate surface area is 117 Å². The lowest BCUT2D eigenvalue weighted by Crippen LogP contribution is -2.11. The zero-order valence-electron chi connectivity index (χ0n) is 10.1. The molecule has 0 unspecified atom stereocenters. The third kappa shape index (κ3) is 2.20. The molecule has 0 aliphatic heterocycles. The van der Waals surface area contributed by atoms with E-state index in [9.17, 15) is 4.79 Å². The van der Waals surface area contributed by atoms with Gasteiger partial charge >= 0.3 is 0 Å². The number of thiophene rings is 1. The van der Waals surface area contributed by atoms with Crippen LogP contribution in [0.1, 0.15) is 15.4 Å². The molecule has 96 valence electrons. The van der Waals surface area contributed by atoms with Gasteiger partial charge in [-0.25, -0.2) is 4.98 Å². The van der Waals surface area contributed by atoms with Crippen molar-refractivity contribution in [1.29, 1.82) is 0 Å². The Bertz CT molecular complexity index is 760. The van der Waals surface area contributed by atoms with Gasteiger partial charge in [-0.1, -0.05) is 18.2 Å². The molecule has 0 saturated heterocycles. The monoisotopic (exact) mass is 289 g/mol. The van der Waals surface area contributed by atoms with Crippen LogP contribution in [0.2, 0.25) is 0 Å². The molecular weight excluding hydrogens is 278 g/mol. The fourth-order valence-corrected chi connectivity index (χ4v) is 3.50. The zero-order chi connectivity index (χ0) is 13.4. The quantitative estimate of drug-likeness (QED) is 0.758. The van der Waals surface area contributed by atoms with E-state index in [0.717, 1.165) is 15.8 Å². The van der Waals surface area contributed by atoms with Crippen molar-refractivity contribution in [3.05, 3.63) is 40.2 Å². The highest BCUT2D eigenvalue weighted by Gasteiger charge is 2.17. The van der Waals surface area contributed by atoms with Crippen LogP contribution in [-0.4, -0.2) is 10.9 Å². The van der Waals surface area contributed by atoms with Gasteiger partial charge in [-0.2, -0.15) is 0 Å². The Kier molecular flexibility index (Phi) is 2.96. The second kappa shape index (κ2) is 4.64. The first-order valence-corrected chi connectivity index (χ1v) is 7.35. The molecule has 0 aliphatic carbocycles. The number of hydrogen-bond donors (Lipinski definition) is 2. The van der Waals surface area contributed by atoms with E-state index >= 15 is 0 Å². The summed E-state index contributed by atoms with van der Waals surface area (Å²) in [5, 5.41) is 6.19. The number of nitrogens with one attached hydrogen (secondary N) is 1. The van der Waals surface area contributed by atoms with Gasteiger partial charge in [0.25, 0.3) is 5.91 Å². The van der Waals surface area contributed by atoms with Crippen molar-refractivity contribution in [3.8, 4) is 0 Å². The topological polar surface area (TPSA) is 68.0 Å². The molecule has 0 radical (unpaired) electrons. The van der Waals surface area contributed by atoms with E-state index in [0.29, 0.717) is 15.7 Å². The molecule has 0 spiro atoms. The van der Waals surface area contributed by atoms with Gasteiger partial charge in [-0.3, -0.25) is 10.1 Å². The predicted octanol–water partition coefficient (Wildman–Crippen LogP) is 3.50. The molecule has 1 amide bonds. The third-order valence-electron chi connectivity index (χ3n) is 2.68. The van der Waals surface area contributed by atoms with Gasteiger partial charge in [0.15, 0.2) is 5.13 Å². The van der Waals surface area contributed by atoms with Crippen LogP contribution in [0.15, 0.2) is 29.6 Å². The molecule has 4 nitrogen and oxygen atoms in total. The number of carbonyl (C=O) groups excluding carboxylic acids is 1. The summed E-state index contributed by atoms with van der Waals surface area (Å²) in [6.45, 7) is 1.89. The number of thiazole rings is 1. The minimum atomic E-state index is -0.201. The summed E-state index contributed by atoms with van der Waals surface area (Å²) >= 11 is 2.80. The summed E-state index contributed by atoms with van der Waals surface area (Å²) in [7, 11) is 0. The number of aryl methyl sites for hydroxylation is 1. The third-order valence-corrected chi connectivity index (χ3v) is 4.74. The lowest BCUT2D eigenvalue weighted by Gasteiger charge is -1.99. The van der Waals surface area contributed by atoms with Gasteiger partial charge in [0.05, 0.1) is 11.4 Å². The van der Waals surface area contributed by atoms with Crippen molar-refractivity contribution in [2.75, 3.05) is 11.1 Å². The van der Waals surface area contributed by atoms with Crippen LogP contribution >= 0.6 is 22.7 Å². The molecule has 0 fully saturated rings. The Morgan fingerprint density at radius 3 is 2.84 bits per heavy atom. The van der Waals surface area contributed by atoms with Crippen molar-refractivity contribution in [2.24, 2.45) is 0 Å². The maximum absolute atomic E-state index is 12.2. The zero-order valence-corrected chi connectivity index (χ0v) is 11.8. The Hall–Kier alpha value is -1.92. The highest BCUT2D eigenvalue weighted by Crippen LogP contribution is 2.33. The van der Waals surface area contributed by atoms with Gasteiger partial charge in [-0.15, -0.1) is 22.7 Å².